The molecule has 0 spiro atoms. The minimum Gasteiger partial charge on any atom is -0.770 e. The maximum Gasteiger partial charge on any atom is 0.159 e. The molecule has 17 heavy (non-hydrogen) atoms. The Morgan fingerprint density at radius 2 is 1.65 bits per heavy atom. The molecule has 96 valence electrons. The maximum absolute atomic E-state index is 11.1. The van der Waals surface area contributed by atoms with Crippen LogP contribution in [0.2, 0.25) is 0 Å². The molecule has 0 saturated carbocycles. The third-order valence-electron chi connectivity index (χ3n) is 2.23. The van der Waals surface area contributed by atoms with Crippen molar-refractivity contribution >= 4 is 56.3 Å². The first-order valence-corrected chi connectivity index (χ1v) is 8.43. The Morgan fingerprint density at radius 1 is 1.18 bits per heavy atom. The Hall–Kier alpha value is 0.790. The second-order valence-corrected chi connectivity index (χ2v) is 13.0. The minimum atomic E-state index is -2.13. The van der Waals surface area contributed by atoms with Crippen LogP contribution in [0.25, 0.3) is 0 Å². The molecule has 1 unspecified atom stereocenters. The van der Waals surface area contributed by atoms with Crippen molar-refractivity contribution in [1.82, 2.24) is 0 Å². The summed E-state index contributed by atoms with van der Waals surface area (Å²) in [4.78, 5) is 0. The van der Waals surface area contributed by atoms with Gasteiger partial charge in [0.15, 0.2) is 0.760 Å². The van der Waals surface area contributed by atoms with E-state index in [1.807, 2.05) is 69.4 Å². The zero-order chi connectivity index (χ0) is 13.3. The second-order valence-electron chi connectivity index (χ2n) is 5.19. The van der Waals surface area contributed by atoms with E-state index in [9.17, 15) is 8.76 Å². The van der Waals surface area contributed by atoms with Gasteiger partial charge in [-0.15, -0.1) is 0 Å². The van der Waals surface area contributed by atoms with Crippen molar-refractivity contribution in [2.75, 3.05) is 0 Å². The molecule has 5 heteroatoms. The molecular weight excluding hydrogens is 462 g/mol. The SMILES string of the molecule is CC(C)(C)Cc1ccc(C(I)(I)S(=O)[O-])cc1. The van der Waals surface area contributed by atoms with Gasteiger partial charge in [-0.2, -0.15) is 0 Å². The fraction of sp³-hybridized carbons (Fsp3) is 0.500. The second kappa shape index (κ2) is 5.83. The van der Waals surface area contributed by atoms with Crippen LogP contribution in [0.5, 0.6) is 0 Å². The summed E-state index contributed by atoms with van der Waals surface area (Å²) in [6.07, 6.45) is 0.989. The van der Waals surface area contributed by atoms with E-state index in [1.165, 1.54) is 5.56 Å². The van der Waals surface area contributed by atoms with Crippen molar-refractivity contribution in [2.45, 2.75) is 28.0 Å². The molecule has 0 aliphatic rings. The van der Waals surface area contributed by atoms with Gasteiger partial charge in [0.2, 0.25) is 0 Å². The van der Waals surface area contributed by atoms with Gasteiger partial charge in [-0.25, -0.2) is 0 Å². The molecule has 0 heterocycles. The lowest BCUT2D eigenvalue weighted by atomic mass is 9.88. The molecule has 0 aliphatic heterocycles. The van der Waals surface area contributed by atoms with Crippen LogP contribution < -0.4 is 0 Å². The smallest absolute Gasteiger partial charge is 0.159 e. The lowest BCUT2D eigenvalue weighted by Crippen LogP contribution is -2.15. The Balaban J connectivity index is 2.93. The summed E-state index contributed by atoms with van der Waals surface area (Å²) in [6, 6.07) is 7.82. The van der Waals surface area contributed by atoms with E-state index in [2.05, 4.69) is 20.8 Å². The first-order chi connectivity index (χ1) is 7.63. The standard InChI is InChI=1S/C12H16I2O2S/c1-11(2,3)8-9-4-6-10(7-5-9)12(13,14)17(15)16/h4-7H,8H2,1-3H3,(H,15,16)/p-1. The molecule has 2 nitrogen and oxygen atoms in total. The zero-order valence-corrected chi connectivity index (χ0v) is 15.1. The van der Waals surface area contributed by atoms with Crippen LogP contribution in [0.4, 0.5) is 0 Å². The van der Waals surface area contributed by atoms with Crippen molar-refractivity contribution in [3.05, 3.63) is 35.4 Å². The topological polar surface area (TPSA) is 40.1 Å². The van der Waals surface area contributed by atoms with Crippen molar-refractivity contribution in [3.63, 3.8) is 0 Å². The van der Waals surface area contributed by atoms with E-state index in [0.29, 0.717) is 0 Å². The molecule has 0 N–H and O–H groups in total. The highest BCUT2D eigenvalue weighted by atomic mass is 127. The van der Waals surface area contributed by atoms with Gasteiger partial charge in [-0.3, -0.25) is 4.21 Å². The normalized spacial score (nSPS) is 14.7. The molecule has 0 fully saturated rings. The van der Waals surface area contributed by atoms with E-state index < -0.39 is 11.8 Å². The predicted molar refractivity (Wildman–Crippen MR) is 88.2 cm³/mol. The average molecular weight is 477 g/mol. The first kappa shape index (κ1) is 15.8. The van der Waals surface area contributed by atoms with Crippen LogP contribution >= 0.6 is 45.2 Å². The quantitative estimate of drug-likeness (QED) is 0.374. The van der Waals surface area contributed by atoms with E-state index in [4.69, 9.17) is 0 Å². The molecule has 1 rings (SSSR count). The van der Waals surface area contributed by atoms with E-state index >= 15 is 0 Å². The highest BCUT2D eigenvalue weighted by molar-refractivity contribution is 14.2. The number of hydrogen-bond donors (Lipinski definition) is 0. The maximum atomic E-state index is 11.1. The summed E-state index contributed by atoms with van der Waals surface area (Å²) in [5.74, 6) is 0. The van der Waals surface area contributed by atoms with Gasteiger partial charge in [0, 0.05) is 0 Å². The summed E-state index contributed by atoms with van der Waals surface area (Å²) in [5.41, 5.74) is 2.29. The lowest BCUT2D eigenvalue weighted by Gasteiger charge is -2.24. The Bertz CT molecular complexity index is 408. The molecule has 0 radical (unpaired) electrons. The molecule has 1 aromatic carbocycles. The zero-order valence-electron chi connectivity index (χ0n) is 10.00. The summed E-state index contributed by atoms with van der Waals surface area (Å²) < 4.78 is 21.4. The third-order valence-corrected chi connectivity index (χ3v) is 6.29. The van der Waals surface area contributed by atoms with E-state index in [0.717, 1.165) is 12.0 Å². The van der Waals surface area contributed by atoms with Gasteiger partial charge in [0.05, 0.1) is 0 Å². The van der Waals surface area contributed by atoms with Crippen LogP contribution in [0.3, 0.4) is 0 Å². The van der Waals surface area contributed by atoms with Crippen molar-refractivity contribution in [3.8, 4) is 0 Å². The van der Waals surface area contributed by atoms with E-state index in [-0.39, 0.29) is 5.41 Å². The summed E-state index contributed by atoms with van der Waals surface area (Å²) in [7, 11) is 0. The molecule has 0 saturated heterocycles. The number of halogens is 2. The highest BCUT2D eigenvalue weighted by Crippen LogP contribution is 2.42. The van der Waals surface area contributed by atoms with Gasteiger partial charge >= 0.3 is 0 Å². The highest BCUT2D eigenvalue weighted by Gasteiger charge is 2.26. The average Bonchev–Trinajstić information content (AvgIpc) is 2.15. The van der Waals surface area contributed by atoms with Gasteiger partial charge in [-0.05, 0) is 79.2 Å². The summed E-state index contributed by atoms with van der Waals surface area (Å²) in [6.45, 7) is 6.57. The molecule has 0 bridgehead atoms. The number of benzene rings is 1. The Kier molecular flexibility index (Phi) is 5.44. The van der Waals surface area contributed by atoms with Crippen molar-refractivity contribution < 1.29 is 8.76 Å². The summed E-state index contributed by atoms with van der Waals surface area (Å²) in [5, 5.41) is 0. The van der Waals surface area contributed by atoms with Gasteiger partial charge in [-0.1, -0.05) is 45.0 Å². The summed E-state index contributed by atoms with van der Waals surface area (Å²) >= 11 is 1.76. The van der Waals surface area contributed by atoms with E-state index in [1.54, 1.807) is 0 Å². The molecular formula is C12H15I2O2S-. The molecule has 1 aromatic rings. The van der Waals surface area contributed by atoms with Gasteiger partial charge in [0.1, 0.15) is 0 Å². The van der Waals surface area contributed by atoms with Crippen LogP contribution in [0.15, 0.2) is 24.3 Å². The number of rotatable bonds is 3. The lowest BCUT2D eigenvalue weighted by molar-refractivity contribution is 0.411. The predicted octanol–water partition coefficient (Wildman–Crippen LogP) is 4.13. The minimum absolute atomic E-state index is 0.245. The monoisotopic (exact) mass is 477 g/mol. The number of hydrogen-bond acceptors (Lipinski definition) is 2. The number of alkyl halides is 2. The molecule has 0 aliphatic carbocycles. The van der Waals surface area contributed by atoms with Crippen molar-refractivity contribution in [1.29, 1.82) is 0 Å². The van der Waals surface area contributed by atoms with Crippen LogP contribution in [-0.2, 0) is 18.3 Å². The van der Waals surface area contributed by atoms with Gasteiger partial charge in [0.25, 0.3) is 0 Å². The Morgan fingerprint density at radius 3 is 2.00 bits per heavy atom. The Labute approximate surface area is 133 Å². The van der Waals surface area contributed by atoms with Crippen LogP contribution in [0.1, 0.15) is 31.9 Å². The van der Waals surface area contributed by atoms with Gasteiger partial charge < -0.3 is 4.55 Å². The fourth-order valence-corrected chi connectivity index (χ4v) is 2.57. The molecule has 0 amide bonds. The fourth-order valence-electron chi connectivity index (χ4n) is 1.53. The molecule has 0 aromatic heterocycles. The van der Waals surface area contributed by atoms with Crippen LogP contribution in [-0.4, -0.2) is 8.76 Å². The molecule has 1 atom stereocenters. The van der Waals surface area contributed by atoms with Crippen molar-refractivity contribution in [2.24, 2.45) is 5.41 Å². The third kappa shape index (κ3) is 4.76. The van der Waals surface area contributed by atoms with Crippen LogP contribution in [0, 0.1) is 5.41 Å². The largest absolute Gasteiger partial charge is 0.770 e. The first-order valence-electron chi connectivity index (χ1n) is 5.19.